The van der Waals surface area contributed by atoms with Gasteiger partial charge in [0.25, 0.3) is 5.91 Å². The van der Waals surface area contributed by atoms with Crippen LogP contribution in [0.1, 0.15) is 38.4 Å². The van der Waals surface area contributed by atoms with E-state index < -0.39 is 6.10 Å². The van der Waals surface area contributed by atoms with Crippen molar-refractivity contribution in [1.82, 2.24) is 5.32 Å². The van der Waals surface area contributed by atoms with Crippen LogP contribution >= 0.6 is 0 Å². The molecule has 0 aliphatic rings. The molecule has 0 aliphatic carbocycles. The first kappa shape index (κ1) is 15.5. The molecule has 106 valence electrons. The molecule has 4 heteroatoms. The van der Waals surface area contributed by atoms with E-state index in [2.05, 4.69) is 19.2 Å². The lowest BCUT2D eigenvalue weighted by molar-refractivity contribution is -0.129. The smallest absolute Gasteiger partial charge is 0.253 e. The summed E-state index contributed by atoms with van der Waals surface area (Å²) >= 11 is 0. The van der Waals surface area contributed by atoms with Gasteiger partial charge in [0.2, 0.25) is 0 Å². The van der Waals surface area contributed by atoms with Crippen molar-refractivity contribution in [3.8, 4) is 5.75 Å². The van der Waals surface area contributed by atoms with Gasteiger partial charge in [0, 0.05) is 6.54 Å². The minimum atomic E-state index is -1.15. The second-order valence-corrected chi connectivity index (χ2v) is 4.61. The van der Waals surface area contributed by atoms with Crippen molar-refractivity contribution in [2.24, 2.45) is 5.92 Å². The van der Waals surface area contributed by atoms with E-state index in [1.165, 1.54) is 0 Å². The Morgan fingerprint density at radius 1 is 1.37 bits per heavy atom. The maximum absolute atomic E-state index is 11.9. The molecule has 4 nitrogen and oxygen atoms in total. The highest BCUT2D eigenvalue weighted by Crippen LogP contribution is 2.19. The number of benzene rings is 1. The number of hydrogen-bond acceptors (Lipinski definition) is 3. The molecule has 0 aromatic heterocycles. The average molecular weight is 265 g/mol. The van der Waals surface area contributed by atoms with Crippen LogP contribution in [0.5, 0.6) is 5.75 Å². The highest BCUT2D eigenvalue weighted by atomic mass is 16.5. The summed E-state index contributed by atoms with van der Waals surface area (Å²) in [5.41, 5.74) is 0.543. The third-order valence-electron chi connectivity index (χ3n) is 3.38. The zero-order valence-corrected chi connectivity index (χ0v) is 11.8. The van der Waals surface area contributed by atoms with Gasteiger partial charge in [-0.2, -0.15) is 0 Å². The van der Waals surface area contributed by atoms with Crippen LogP contribution in [-0.4, -0.2) is 24.7 Å². The lowest BCUT2D eigenvalue weighted by atomic mass is 10.0. The number of aliphatic hydroxyl groups excluding tert-OH is 1. The largest absolute Gasteiger partial charge is 0.497 e. The Hall–Kier alpha value is -1.55. The molecular formula is C15H23NO3. The first-order valence-corrected chi connectivity index (χ1v) is 6.72. The molecule has 0 saturated heterocycles. The second-order valence-electron chi connectivity index (χ2n) is 4.61. The SMILES string of the molecule is CCC(CC)CNC(=O)C(O)c1cccc(OC)c1. The highest BCUT2D eigenvalue weighted by Gasteiger charge is 2.18. The number of methoxy groups -OCH3 is 1. The summed E-state index contributed by atoms with van der Waals surface area (Å²) in [5.74, 6) is 0.728. The molecule has 0 bridgehead atoms. The summed E-state index contributed by atoms with van der Waals surface area (Å²) in [5, 5.41) is 12.8. The zero-order valence-electron chi connectivity index (χ0n) is 11.8. The maximum Gasteiger partial charge on any atom is 0.253 e. The lowest BCUT2D eigenvalue weighted by Gasteiger charge is -2.16. The van der Waals surface area contributed by atoms with E-state index in [9.17, 15) is 9.90 Å². The maximum atomic E-state index is 11.9. The van der Waals surface area contributed by atoms with Gasteiger partial charge in [-0.15, -0.1) is 0 Å². The predicted octanol–water partition coefficient (Wildman–Crippen LogP) is 2.28. The van der Waals surface area contributed by atoms with E-state index in [4.69, 9.17) is 4.74 Å². The van der Waals surface area contributed by atoms with Crippen molar-refractivity contribution < 1.29 is 14.6 Å². The summed E-state index contributed by atoms with van der Waals surface area (Å²) in [6.07, 6.45) is 0.891. The van der Waals surface area contributed by atoms with Gasteiger partial charge in [-0.25, -0.2) is 0 Å². The Bertz CT molecular complexity index is 402. The fourth-order valence-electron chi connectivity index (χ4n) is 1.88. The van der Waals surface area contributed by atoms with E-state index in [1.54, 1.807) is 31.4 Å². The summed E-state index contributed by atoms with van der Waals surface area (Å²) in [6, 6.07) is 6.91. The Labute approximate surface area is 114 Å². The van der Waals surface area contributed by atoms with Gasteiger partial charge in [-0.05, 0) is 23.6 Å². The zero-order chi connectivity index (χ0) is 14.3. The van der Waals surface area contributed by atoms with Crippen LogP contribution in [0, 0.1) is 5.92 Å². The number of ether oxygens (including phenoxy) is 1. The molecular weight excluding hydrogens is 242 g/mol. The normalized spacial score (nSPS) is 12.3. The molecule has 0 heterocycles. The number of rotatable bonds is 7. The average Bonchev–Trinajstić information content (AvgIpc) is 2.47. The Balaban J connectivity index is 2.60. The molecule has 19 heavy (non-hydrogen) atoms. The number of hydrogen-bond donors (Lipinski definition) is 2. The minimum Gasteiger partial charge on any atom is -0.497 e. The molecule has 0 saturated carbocycles. The van der Waals surface area contributed by atoms with Crippen molar-refractivity contribution in [2.75, 3.05) is 13.7 Å². The van der Waals surface area contributed by atoms with E-state index in [1.807, 2.05) is 0 Å². The Morgan fingerprint density at radius 2 is 2.05 bits per heavy atom. The molecule has 0 fully saturated rings. The molecule has 1 aromatic rings. The molecule has 1 amide bonds. The quantitative estimate of drug-likeness (QED) is 0.795. The summed E-state index contributed by atoms with van der Waals surface area (Å²) in [6.45, 7) is 4.80. The van der Waals surface area contributed by atoms with E-state index >= 15 is 0 Å². The lowest BCUT2D eigenvalue weighted by Crippen LogP contribution is -2.33. The van der Waals surface area contributed by atoms with Gasteiger partial charge in [0.15, 0.2) is 6.10 Å². The van der Waals surface area contributed by atoms with Gasteiger partial charge in [-0.1, -0.05) is 38.8 Å². The molecule has 1 unspecified atom stereocenters. The molecule has 1 atom stereocenters. The Morgan fingerprint density at radius 3 is 2.63 bits per heavy atom. The summed E-state index contributed by atoms with van der Waals surface area (Å²) < 4.78 is 5.07. The first-order chi connectivity index (χ1) is 9.12. The van der Waals surface area contributed by atoms with Gasteiger partial charge in [0.05, 0.1) is 7.11 Å². The number of carbonyl (C=O) groups excluding carboxylic acids is 1. The fourth-order valence-corrected chi connectivity index (χ4v) is 1.88. The van der Waals surface area contributed by atoms with Gasteiger partial charge < -0.3 is 15.2 Å². The van der Waals surface area contributed by atoms with Crippen LogP contribution in [0.3, 0.4) is 0 Å². The van der Waals surface area contributed by atoms with Crippen molar-refractivity contribution in [3.63, 3.8) is 0 Å². The first-order valence-electron chi connectivity index (χ1n) is 6.72. The second kappa shape index (κ2) is 7.79. The van der Waals surface area contributed by atoms with Crippen LogP contribution in [0.25, 0.3) is 0 Å². The van der Waals surface area contributed by atoms with E-state index in [-0.39, 0.29) is 5.91 Å². The van der Waals surface area contributed by atoms with Gasteiger partial charge >= 0.3 is 0 Å². The van der Waals surface area contributed by atoms with Crippen molar-refractivity contribution >= 4 is 5.91 Å². The van der Waals surface area contributed by atoms with E-state index in [0.717, 1.165) is 12.8 Å². The van der Waals surface area contributed by atoms with Crippen molar-refractivity contribution in [3.05, 3.63) is 29.8 Å². The van der Waals surface area contributed by atoms with Crippen LogP contribution in [0.2, 0.25) is 0 Å². The summed E-state index contributed by atoms with van der Waals surface area (Å²) in [4.78, 5) is 11.9. The van der Waals surface area contributed by atoms with Gasteiger partial charge in [0.1, 0.15) is 5.75 Å². The van der Waals surface area contributed by atoms with Crippen LogP contribution in [-0.2, 0) is 4.79 Å². The molecule has 0 aliphatic heterocycles. The van der Waals surface area contributed by atoms with E-state index in [0.29, 0.717) is 23.8 Å². The number of nitrogens with one attached hydrogen (secondary N) is 1. The number of aliphatic hydroxyl groups is 1. The number of amides is 1. The molecule has 1 rings (SSSR count). The molecule has 1 aromatic carbocycles. The standard InChI is InChI=1S/C15H23NO3/c1-4-11(5-2)10-16-15(18)14(17)12-7-6-8-13(9-12)19-3/h6-9,11,14,17H,4-5,10H2,1-3H3,(H,16,18). The molecule has 2 N–H and O–H groups in total. The van der Waals surface area contributed by atoms with Crippen LogP contribution in [0.15, 0.2) is 24.3 Å². The number of carbonyl (C=O) groups is 1. The highest BCUT2D eigenvalue weighted by molar-refractivity contribution is 5.82. The third-order valence-corrected chi connectivity index (χ3v) is 3.38. The Kier molecular flexibility index (Phi) is 6.36. The monoisotopic (exact) mass is 265 g/mol. The third kappa shape index (κ3) is 4.56. The van der Waals surface area contributed by atoms with Crippen LogP contribution < -0.4 is 10.1 Å². The molecule has 0 radical (unpaired) electrons. The predicted molar refractivity (Wildman–Crippen MR) is 75.0 cm³/mol. The van der Waals surface area contributed by atoms with Crippen molar-refractivity contribution in [1.29, 1.82) is 0 Å². The fraction of sp³-hybridized carbons (Fsp3) is 0.533. The topological polar surface area (TPSA) is 58.6 Å². The van der Waals surface area contributed by atoms with Crippen molar-refractivity contribution in [2.45, 2.75) is 32.8 Å². The van der Waals surface area contributed by atoms with Gasteiger partial charge in [-0.3, -0.25) is 4.79 Å². The summed E-state index contributed by atoms with van der Waals surface area (Å²) in [7, 11) is 1.55. The molecule has 0 spiro atoms. The minimum absolute atomic E-state index is 0.361. The van der Waals surface area contributed by atoms with Crippen LogP contribution in [0.4, 0.5) is 0 Å².